The van der Waals surface area contributed by atoms with Crippen LogP contribution in [0, 0.1) is 5.92 Å². The number of aryl methyl sites for hydroxylation is 1. The maximum atomic E-state index is 4.73. The van der Waals surface area contributed by atoms with Gasteiger partial charge in [0.05, 0.1) is 4.88 Å². The Morgan fingerprint density at radius 3 is 3.22 bits per heavy atom. The first-order chi connectivity index (χ1) is 8.86. The molecule has 0 radical (unpaired) electrons. The minimum Gasteiger partial charge on any atom is -0.319 e. The summed E-state index contributed by atoms with van der Waals surface area (Å²) in [6, 6.07) is 4.13. The normalized spacial score (nSPS) is 18.6. The first kappa shape index (κ1) is 11.8. The summed E-state index contributed by atoms with van der Waals surface area (Å²) in [6.07, 6.45) is 5.46. The van der Waals surface area contributed by atoms with Gasteiger partial charge >= 0.3 is 0 Å². The zero-order valence-electron chi connectivity index (χ0n) is 10.5. The lowest BCUT2D eigenvalue weighted by Gasteiger charge is -2.23. The zero-order chi connectivity index (χ0) is 12.4. The Labute approximate surface area is 111 Å². The minimum absolute atomic E-state index is 0.735. The van der Waals surface area contributed by atoms with E-state index in [0.29, 0.717) is 0 Å². The van der Waals surface area contributed by atoms with Gasteiger partial charge < -0.3 is 5.32 Å². The number of fused-ring (bicyclic) bond motifs is 1. The van der Waals surface area contributed by atoms with E-state index in [4.69, 9.17) is 4.98 Å². The molecule has 3 rings (SSSR count). The van der Waals surface area contributed by atoms with Crippen molar-refractivity contribution in [1.82, 2.24) is 15.3 Å². The second kappa shape index (κ2) is 5.16. The van der Waals surface area contributed by atoms with Gasteiger partial charge in [0.1, 0.15) is 0 Å². The molecule has 0 fully saturated rings. The first-order valence-corrected chi connectivity index (χ1v) is 7.28. The molecule has 0 aromatic carbocycles. The van der Waals surface area contributed by atoms with Crippen LogP contribution < -0.4 is 5.32 Å². The largest absolute Gasteiger partial charge is 0.319 e. The number of hydrogen-bond donors (Lipinski definition) is 1. The maximum Gasteiger partial charge on any atom is 0.169 e. The van der Waals surface area contributed by atoms with E-state index in [2.05, 4.69) is 21.7 Å². The molecule has 0 aliphatic heterocycles. The lowest BCUT2D eigenvalue weighted by Crippen LogP contribution is -2.25. The van der Waals surface area contributed by atoms with E-state index in [0.717, 1.165) is 36.0 Å². The van der Waals surface area contributed by atoms with Gasteiger partial charge in [0.25, 0.3) is 0 Å². The smallest absolute Gasteiger partial charge is 0.169 e. The summed E-state index contributed by atoms with van der Waals surface area (Å²) in [4.78, 5) is 10.4. The Morgan fingerprint density at radius 1 is 1.50 bits per heavy atom. The van der Waals surface area contributed by atoms with Gasteiger partial charge in [-0.15, -0.1) is 11.3 Å². The predicted octanol–water partition coefficient (Wildman–Crippen LogP) is 2.53. The van der Waals surface area contributed by atoms with Crippen LogP contribution in [0.1, 0.15) is 17.7 Å². The Bertz CT molecular complexity index is 522. The predicted molar refractivity (Wildman–Crippen MR) is 74.8 cm³/mol. The van der Waals surface area contributed by atoms with Crippen LogP contribution >= 0.6 is 11.3 Å². The van der Waals surface area contributed by atoms with Crippen molar-refractivity contribution >= 4 is 11.3 Å². The van der Waals surface area contributed by atoms with E-state index in [1.807, 2.05) is 19.3 Å². The summed E-state index contributed by atoms with van der Waals surface area (Å²) in [7, 11) is 2.02. The zero-order valence-corrected chi connectivity index (χ0v) is 11.3. The molecule has 0 spiro atoms. The summed E-state index contributed by atoms with van der Waals surface area (Å²) in [5, 5.41) is 5.33. The summed E-state index contributed by atoms with van der Waals surface area (Å²) in [6.45, 7) is 1.09. The molecule has 0 amide bonds. The third-order valence-corrected chi connectivity index (χ3v) is 4.35. The van der Waals surface area contributed by atoms with Gasteiger partial charge in [-0.2, -0.15) is 0 Å². The van der Waals surface area contributed by atoms with Crippen LogP contribution in [-0.2, 0) is 12.8 Å². The number of nitrogens with one attached hydrogen (secondary N) is 1. The quantitative estimate of drug-likeness (QED) is 0.920. The summed E-state index contributed by atoms with van der Waals surface area (Å²) in [5.41, 5.74) is 2.59. The number of nitrogens with zero attached hydrogens (tertiary/aromatic N) is 2. The van der Waals surface area contributed by atoms with Crippen molar-refractivity contribution in [2.75, 3.05) is 13.6 Å². The van der Waals surface area contributed by atoms with E-state index in [1.165, 1.54) is 17.7 Å². The Hall–Kier alpha value is -1.26. The van der Waals surface area contributed by atoms with Crippen molar-refractivity contribution < 1.29 is 0 Å². The molecule has 4 heteroatoms. The molecule has 1 aliphatic rings. The van der Waals surface area contributed by atoms with Gasteiger partial charge in [-0.1, -0.05) is 6.07 Å². The number of rotatable bonds is 3. The van der Waals surface area contributed by atoms with E-state index >= 15 is 0 Å². The fraction of sp³-hybridized carbons (Fsp3) is 0.429. The molecule has 0 saturated heterocycles. The van der Waals surface area contributed by atoms with Crippen LogP contribution in [-0.4, -0.2) is 23.6 Å². The monoisotopic (exact) mass is 259 g/mol. The summed E-state index contributed by atoms with van der Waals surface area (Å²) in [5.74, 6) is 1.62. The molecule has 0 bridgehead atoms. The molecule has 2 aromatic rings. The molecule has 2 aromatic heterocycles. The fourth-order valence-electron chi connectivity index (χ4n) is 2.57. The molecular weight excluding hydrogens is 242 g/mol. The van der Waals surface area contributed by atoms with E-state index in [-0.39, 0.29) is 0 Å². The van der Waals surface area contributed by atoms with E-state index < -0.39 is 0 Å². The molecule has 1 atom stereocenters. The molecule has 2 heterocycles. The standard InChI is InChI=1S/C14H17N3S/c1-15-8-10-4-5-12-11(7-10)9-16-14(17-12)13-3-2-6-18-13/h2-3,6,9-10,15H,4-5,7-8H2,1H3. The molecule has 1 N–H and O–H groups in total. The van der Waals surface area contributed by atoms with Crippen LogP contribution in [0.3, 0.4) is 0 Å². The highest BCUT2D eigenvalue weighted by Crippen LogP contribution is 2.27. The van der Waals surface area contributed by atoms with E-state index in [9.17, 15) is 0 Å². The van der Waals surface area contributed by atoms with Crippen molar-refractivity contribution in [1.29, 1.82) is 0 Å². The van der Waals surface area contributed by atoms with Gasteiger partial charge in [-0.3, -0.25) is 0 Å². The van der Waals surface area contributed by atoms with Crippen molar-refractivity contribution in [2.24, 2.45) is 5.92 Å². The Balaban J connectivity index is 1.85. The Kier molecular flexibility index (Phi) is 3.39. The number of hydrogen-bond acceptors (Lipinski definition) is 4. The third-order valence-electron chi connectivity index (χ3n) is 3.49. The first-order valence-electron chi connectivity index (χ1n) is 6.40. The fourth-order valence-corrected chi connectivity index (χ4v) is 3.24. The average Bonchev–Trinajstić information content (AvgIpc) is 2.92. The van der Waals surface area contributed by atoms with Gasteiger partial charge in [-0.25, -0.2) is 9.97 Å². The van der Waals surface area contributed by atoms with Gasteiger partial charge in [-0.05, 0) is 55.8 Å². The highest BCUT2D eigenvalue weighted by Gasteiger charge is 2.20. The third kappa shape index (κ3) is 2.31. The average molecular weight is 259 g/mol. The highest BCUT2D eigenvalue weighted by atomic mass is 32.1. The lowest BCUT2D eigenvalue weighted by molar-refractivity contribution is 0.434. The van der Waals surface area contributed by atoms with Crippen molar-refractivity contribution in [3.05, 3.63) is 35.0 Å². The van der Waals surface area contributed by atoms with E-state index in [1.54, 1.807) is 11.3 Å². The van der Waals surface area contributed by atoms with Gasteiger partial charge in [0, 0.05) is 11.9 Å². The van der Waals surface area contributed by atoms with Gasteiger partial charge in [0.2, 0.25) is 0 Å². The van der Waals surface area contributed by atoms with Crippen LogP contribution in [0.4, 0.5) is 0 Å². The second-order valence-electron chi connectivity index (χ2n) is 4.81. The van der Waals surface area contributed by atoms with Gasteiger partial charge in [0.15, 0.2) is 5.82 Å². The molecule has 1 unspecified atom stereocenters. The van der Waals surface area contributed by atoms with Crippen LogP contribution in [0.2, 0.25) is 0 Å². The SMILES string of the molecule is CNCC1CCc2nc(-c3cccs3)ncc2C1. The molecule has 0 saturated carbocycles. The number of thiophene rings is 1. The molecule has 18 heavy (non-hydrogen) atoms. The topological polar surface area (TPSA) is 37.8 Å². The number of aromatic nitrogens is 2. The molecule has 94 valence electrons. The minimum atomic E-state index is 0.735. The lowest BCUT2D eigenvalue weighted by atomic mass is 9.87. The molecule has 3 nitrogen and oxygen atoms in total. The summed E-state index contributed by atoms with van der Waals surface area (Å²) < 4.78 is 0. The van der Waals surface area contributed by atoms with Crippen molar-refractivity contribution in [3.63, 3.8) is 0 Å². The van der Waals surface area contributed by atoms with Crippen LogP contribution in [0.5, 0.6) is 0 Å². The Morgan fingerprint density at radius 2 is 2.44 bits per heavy atom. The molecule has 1 aliphatic carbocycles. The summed E-state index contributed by atoms with van der Waals surface area (Å²) >= 11 is 1.70. The second-order valence-corrected chi connectivity index (χ2v) is 5.76. The van der Waals surface area contributed by atoms with Crippen molar-refractivity contribution in [3.8, 4) is 10.7 Å². The van der Waals surface area contributed by atoms with Crippen LogP contribution in [0.25, 0.3) is 10.7 Å². The van der Waals surface area contributed by atoms with Crippen LogP contribution in [0.15, 0.2) is 23.7 Å². The highest BCUT2D eigenvalue weighted by molar-refractivity contribution is 7.13. The van der Waals surface area contributed by atoms with Crippen molar-refractivity contribution in [2.45, 2.75) is 19.3 Å². The maximum absolute atomic E-state index is 4.73. The molecular formula is C14H17N3S.